The van der Waals surface area contributed by atoms with Crippen LogP contribution in [0.5, 0.6) is 0 Å². The molecule has 2 aromatic rings. The minimum absolute atomic E-state index is 0.0936. The molecule has 26 heavy (non-hydrogen) atoms. The summed E-state index contributed by atoms with van der Waals surface area (Å²) in [5.74, 6) is 0.479. The summed E-state index contributed by atoms with van der Waals surface area (Å²) in [6.07, 6.45) is 0.596. The molecule has 1 aliphatic carbocycles. The average Bonchev–Trinajstić information content (AvgIpc) is 3.43. The molecule has 1 saturated carbocycles. The average molecular weight is 354 g/mol. The zero-order valence-corrected chi connectivity index (χ0v) is 14.6. The Morgan fingerprint density at radius 3 is 2.46 bits per heavy atom. The van der Waals surface area contributed by atoms with Gasteiger partial charge in [-0.05, 0) is 17.5 Å². The summed E-state index contributed by atoms with van der Waals surface area (Å²) in [6.45, 7) is 0.685. The van der Waals surface area contributed by atoms with Crippen LogP contribution in [0.3, 0.4) is 0 Å². The van der Waals surface area contributed by atoms with Crippen LogP contribution in [-0.2, 0) is 11.3 Å². The SMILES string of the molecule is O=C(OCc1ccccc1)N1CC(F)(CNC2CC2c2ccccc2)C1. The molecule has 4 nitrogen and oxygen atoms in total. The molecule has 5 heteroatoms. The van der Waals surface area contributed by atoms with Crippen LogP contribution in [0.4, 0.5) is 9.18 Å². The Kier molecular flexibility index (Phi) is 4.64. The Hall–Kier alpha value is -2.40. The topological polar surface area (TPSA) is 41.6 Å². The van der Waals surface area contributed by atoms with Gasteiger partial charge in [0.15, 0.2) is 5.67 Å². The van der Waals surface area contributed by atoms with Gasteiger partial charge in [-0.1, -0.05) is 60.7 Å². The molecule has 2 fully saturated rings. The first-order chi connectivity index (χ1) is 12.6. The van der Waals surface area contributed by atoms with E-state index in [-0.39, 0.29) is 26.2 Å². The number of ether oxygens (including phenoxy) is 1. The second-order valence-electron chi connectivity index (χ2n) is 7.29. The smallest absolute Gasteiger partial charge is 0.410 e. The number of halogens is 1. The van der Waals surface area contributed by atoms with Crippen molar-refractivity contribution in [2.75, 3.05) is 19.6 Å². The first-order valence-corrected chi connectivity index (χ1v) is 9.06. The molecule has 2 atom stereocenters. The summed E-state index contributed by atoms with van der Waals surface area (Å²) in [7, 11) is 0. The third-order valence-electron chi connectivity index (χ3n) is 5.11. The maximum Gasteiger partial charge on any atom is 0.410 e. The quantitative estimate of drug-likeness (QED) is 0.863. The van der Waals surface area contributed by atoms with E-state index in [4.69, 9.17) is 4.74 Å². The van der Waals surface area contributed by atoms with Crippen LogP contribution in [0.2, 0.25) is 0 Å². The monoisotopic (exact) mass is 354 g/mol. The van der Waals surface area contributed by atoms with Crippen molar-refractivity contribution in [3.63, 3.8) is 0 Å². The second-order valence-corrected chi connectivity index (χ2v) is 7.29. The summed E-state index contributed by atoms with van der Waals surface area (Å²) < 4.78 is 19.9. The lowest BCUT2D eigenvalue weighted by Gasteiger charge is -2.43. The van der Waals surface area contributed by atoms with E-state index >= 15 is 0 Å². The highest BCUT2D eigenvalue weighted by Gasteiger charge is 2.48. The first-order valence-electron chi connectivity index (χ1n) is 9.06. The fourth-order valence-corrected chi connectivity index (χ4v) is 3.49. The Morgan fingerprint density at radius 1 is 1.12 bits per heavy atom. The number of alkyl halides is 1. The number of likely N-dealkylation sites (tertiary alicyclic amines) is 1. The van der Waals surface area contributed by atoms with Crippen LogP contribution in [0, 0.1) is 0 Å². The Labute approximate surface area is 153 Å². The summed E-state index contributed by atoms with van der Waals surface area (Å²) in [5, 5.41) is 3.31. The van der Waals surface area contributed by atoms with E-state index in [0.717, 1.165) is 12.0 Å². The van der Waals surface area contributed by atoms with E-state index in [2.05, 4.69) is 17.4 Å². The summed E-state index contributed by atoms with van der Waals surface area (Å²) in [4.78, 5) is 13.4. The fraction of sp³-hybridized carbons (Fsp3) is 0.381. The van der Waals surface area contributed by atoms with Gasteiger partial charge in [-0.25, -0.2) is 9.18 Å². The number of hydrogen-bond donors (Lipinski definition) is 1. The van der Waals surface area contributed by atoms with Gasteiger partial charge in [0.2, 0.25) is 0 Å². The van der Waals surface area contributed by atoms with Gasteiger partial charge in [-0.3, -0.25) is 0 Å². The lowest BCUT2D eigenvalue weighted by Crippen LogP contribution is -2.64. The van der Waals surface area contributed by atoms with Gasteiger partial charge in [0.05, 0.1) is 13.1 Å². The fourth-order valence-electron chi connectivity index (χ4n) is 3.49. The van der Waals surface area contributed by atoms with Crippen LogP contribution in [0.1, 0.15) is 23.5 Å². The number of rotatable bonds is 6. The summed E-state index contributed by atoms with van der Waals surface area (Å²) in [6, 6.07) is 20.1. The van der Waals surface area contributed by atoms with Crippen LogP contribution >= 0.6 is 0 Å². The molecule has 136 valence electrons. The van der Waals surface area contributed by atoms with Gasteiger partial charge >= 0.3 is 6.09 Å². The van der Waals surface area contributed by atoms with Crippen molar-refractivity contribution < 1.29 is 13.9 Å². The highest BCUT2D eigenvalue weighted by molar-refractivity contribution is 5.69. The first kappa shape index (κ1) is 17.0. The lowest BCUT2D eigenvalue weighted by atomic mass is 9.97. The molecule has 1 heterocycles. The van der Waals surface area contributed by atoms with Crippen molar-refractivity contribution in [2.24, 2.45) is 0 Å². The molecule has 1 aliphatic heterocycles. The number of amides is 1. The van der Waals surface area contributed by atoms with E-state index in [1.54, 1.807) is 0 Å². The molecular weight excluding hydrogens is 331 g/mol. The Balaban J connectivity index is 1.17. The largest absolute Gasteiger partial charge is 0.445 e. The molecular formula is C21H23FN2O2. The van der Waals surface area contributed by atoms with Crippen molar-refractivity contribution in [1.29, 1.82) is 0 Å². The zero-order chi connectivity index (χ0) is 18.0. The molecule has 1 amide bonds. The predicted molar refractivity (Wildman–Crippen MR) is 97.6 cm³/mol. The minimum Gasteiger partial charge on any atom is -0.445 e. The van der Waals surface area contributed by atoms with Crippen LogP contribution in [0.15, 0.2) is 60.7 Å². The molecule has 2 aromatic carbocycles. The van der Waals surface area contributed by atoms with E-state index in [0.29, 0.717) is 12.0 Å². The van der Waals surface area contributed by atoms with Gasteiger partial charge in [-0.2, -0.15) is 0 Å². The number of benzene rings is 2. The van der Waals surface area contributed by atoms with Crippen molar-refractivity contribution in [3.05, 3.63) is 71.8 Å². The van der Waals surface area contributed by atoms with Crippen molar-refractivity contribution >= 4 is 6.09 Å². The Morgan fingerprint density at radius 2 is 1.77 bits per heavy atom. The summed E-state index contributed by atoms with van der Waals surface area (Å²) >= 11 is 0. The van der Waals surface area contributed by atoms with E-state index in [9.17, 15) is 9.18 Å². The second kappa shape index (κ2) is 7.08. The van der Waals surface area contributed by atoms with Crippen molar-refractivity contribution in [3.8, 4) is 0 Å². The Bertz CT molecular complexity index is 747. The molecule has 1 N–H and O–H groups in total. The predicted octanol–water partition coefficient (Wildman–Crippen LogP) is 3.49. The van der Waals surface area contributed by atoms with Crippen molar-refractivity contribution in [2.45, 2.75) is 30.7 Å². The third kappa shape index (κ3) is 3.88. The number of nitrogens with one attached hydrogen (secondary N) is 1. The highest BCUT2D eigenvalue weighted by Crippen LogP contribution is 2.41. The van der Waals surface area contributed by atoms with Gasteiger partial charge < -0.3 is 15.0 Å². The number of carbonyl (C=O) groups is 1. The van der Waals surface area contributed by atoms with E-state index < -0.39 is 11.8 Å². The van der Waals surface area contributed by atoms with Crippen LogP contribution < -0.4 is 5.32 Å². The lowest BCUT2D eigenvalue weighted by molar-refractivity contribution is -0.0299. The molecule has 2 aliphatic rings. The van der Waals surface area contributed by atoms with Crippen molar-refractivity contribution in [1.82, 2.24) is 10.2 Å². The molecule has 2 unspecified atom stereocenters. The summed E-state index contributed by atoms with van der Waals surface area (Å²) in [5.41, 5.74) is 0.878. The maximum absolute atomic E-state index is 14.7. The van der Waals surface area contributed by atoms with Crippen LogP contribution in [0.25, 0.3) is 0 Å². The van der Waals surface area contributed by atoms with Gasteiger partial charge in [0.1, 0.15) is 6.61 Å². The van der Waals surface area contributed by atoms with Crippen LogP contribution in [-0.4, -0.2) is 42.3 Å². The number of carbonyl (C=O) groups excluding carboxylic acids is 1. The molecule has 0 aromatic heterocycles. The molecule has 4 rings (SSSR count). The minimum atomic E-state index is -1.35. The van der Waals surface area contributed by atoms with E-state index in [1.807, 2.05) is 48.5 Å². The molecule has 0 spiro atoms. The highest BCUT2D eigenvalue weighted by atomic mass is 19.1. The van der Waals surface area contributed by atoms with Gasteiger partial charge in [-0.15, -0.1) is 0 Å². The molecule has 0 radical (unpaired) electrons. The number of hydrogen-bond acceptors (Lipinski definition) is 3. The maximum atomic E-state index is 14.7. The van der Waals surface area contributed by atoms with E-state index in [1.165, 1.54) is 10.5 Å². The normalized spacial score (nSPS) is 23.2. The number of nitrogens with zero attached hydrogens (tertiary/aromatic N) is 1. The molecule has 0 bridgehead atoms. The standard InChI is InChI=1S/C21H23FN2O2/c22-21(13-23-19-11-18(19)17-9-5-2-6-10-17)14-24(15-21)20(25)26-12-16-7-3-1-4-8-16/h1-10,18-19,23H,11-15H2. The molecule has 1 saturated heterocycles. The zero-order valence-electron chi connectivity index (χ0n) is 14.6. The van der Waals surface area contributed by atoms with Gasteiger partial charge in [0, 0.05) is 18.5 Å². The third-order valence-corrected chi connectivity index (χ3v) is 5.11. The van der Waals surface area contributed by atoms with Gasteiger partial charge in [0.25, 0.3) is 0 Å².